The number of ether oxygens (including phenoxy) is 1. The molecule has 3 rings (SSSR count). The van der Waals surface area contributed by atoms with E-state index in [2.05, 4.69) is 25.7 Å². The Balaban J connectivity index is 1.71. The van der Waals surface area contributed by atoms with E-state index in [0.29, 0.717) is 16.0 Å². The Hall–Kier alpha value is -2.46. The molecule has 2 N–H and O–H groups in total. The van der Waals surface area contributed by atoms with Gasteiger partial charge < -0.3 is 10.1 Å². The minimum absolute atomic E-state index is 0.212. The molecule has 23 heavy (non-hydrogen) atoms. The third-order valence-corrected chi connectivity index (χ3v) is 4.42. The molecule has 0 aliphatic rings. The van der Waals surface area contributed by atoms with Crippen LogP contribution in [0.1, 0.15) is 10.7 Å². The van der Waals surface area contributed by atoms with Gasteiger partial charge in [0.25, 0.3) is 5.88 Å². The second-order valence-electron chi connectivity index (χ2n) is 4.68. The normalized spacial score (nSPS) is 10.6. The van der Waals surface area contributed by atoms with Crippen LogP contribution in [0.5, 0.6) is 5.88 Å². The van der Waals surface area contributed by atoms with E-state index in [1.165, 1.54) is 22.7 Å². The molecule has 0 saturated heterocycles. The molecule has 0 aliphatic carbocycles. The Kier molecular flexibility index (Phi) is 4.26. The first-order valence-electron chi connectivity index (χ1n) is 6.64. The first kappa shape index (κ1) is 15.4. The minimum atomic E-state index is -0.631. The van der Waals surface area contributed by atoms with Crippen molar-refractivity contribution in [2.24, 2.45) is 7.05 Å². The largest absolute Gasteiger partial charge is 0.420 e. The Morgan fingerprint density at radius 2 is 2.17 bits per heavy atom. The first-order valence-corrected chi connectivity index (χ1v) is 8.34. The van der Waals surface area contributed by atoms with Crippen molar-refractivity contribution >= 4 is 44.7 Å². The lowest BCUT2D eigenvalue weighted by atomic mass is 10.6. The number of thiazole rings is 2. The summed E-state index contributed by atoms with van der Waals surface area (Å²) >= 11 is 2.72. The third kappa shape index (κ3) is 3.85. The van der Waals surface area contributed by atoms with Crippen molar-refractivity contribution < 1.29 is 9.53 Å². The van der Waals surface area contributed by atoms with E-state index in [-0.39, 0.29) is 5.88 Å². The Morgan fingerprint density at radius 1 is 1.35 bits per heavy atom. The maximum absolute atomic E-state index is 12.0. The fraction of sp³-hybridized carbons (Fsp3) is 0.231. The highest BCUT2D eigenvalue weighted by Gasteiger charge is 2.16. The average molecular weight is 350 g/mol. The zero-order valence-corrected chi connectivity index (χ0v) is 14.3. The zero-order chi connectivity index (χ0) is 16.4. The highest BCUT2D eigenvalue weighted by atomic mass is 32.1. The van der Waals surface area contributed by atoms with Gasteiger partial charge in [-0.25, -0.2) is 14.8 Å². The van der Waals surface area contributed by atoms with E-state index in [9.17, 15) is 4.79 Å². The van der Waals surface area contributed by atoms with Crippen molar-refractivity contribution in [1.29, 1.82) is 0 Å². The molecule has 120 valence electrons. The van der Waals surface area contributed by atoms with Crippen LogP contribution >= 0.6 is 22.7 Å². The Morgan fingerprint density at radius 3 is 2.83 bits per heavy atom. The highest BCUT2D eigenvalue weighted by Crippen LogP contribution is 2.33. The molecule has 0 fully saturated rings. The predicted octanol–water partition coefficient (Wildman–Crippen LogP) is 3.30. The van der Waals surface area contributed by atoms with E-state index in [0.717, 1.165) is 10.7 Å². The van der Waals surface area contributed by atoms with Gasteiger partial charge >= 0.3 is 6.09 Å². The molecule has 8 nitrogen and oxygen atoms in total. The summed E-state index contributed by atoms with van der Waals surface area (Å²) in [5, 5.41) is 13.6. The molecule has 0 saturated carbocycles. The van der Waals surface area contributed by atoms with Gasteiger partial charge in [-0.1, -0.05) is 11.3 Å². The van der Waals surface area contributed by atoms with Crippen molar-refractivity contribution in [2.45, 2.75) is 13.8 Å². The highest BCUT2D eigenvalue weighted by molar-refractivity contribution is 7.16. The van der Waals surface area contributed by atoms with Crippen LogP contribution in [0.15, 0.2) is 17.6 Å². The van der Waals surface area contributed by atoms with E-state index >= 15 is 0 Å². The summed E-state index contributed by atoms with van der Waals surface area (Å²) in [6.07, 6.45) is 1.18. The molecular formula is C13H14N6O2S2. The number of nitrogens with zero attached hydrogens (tertiary/aromatic N) is 4. The SMILES string of the molecule is Cc1csc(NC(=O)Oc2nc(C)sc2Nc2ccn(C)n2)n1. The van der Waals surface area contributed by atoms with E-state index < -0.39 is 6.09 Å². The smallest absolute Gasteiger partial charge is 0.388 e. The van der Waals surface area contributed by atoms with E-state index in [4.69, 9.17) is 4.74 Å². The van der Waals surface area contributed by atoms with Crippen molar-refractivity contribution in [2.75, 3.05) is 10.6 Å². The summed E-state index contributed by atoms with van der Waals surface area (Å²) in [6.45, 7) is 3.69. The maximum atomic E-state index is 12.0. The van der Waals surface area contributed by atoms with Gasteiger partial charge in [0.2, 0.25) is 0 Å². The summed E-state index contributed by atoms with van der Waals surface area (Å²) in [4.78, 5) is 20.3. The fourth-order valence-electron chi connectivity index (χ4n) is 1.77. The predicted molar refractivity (Wildman–Crippen MR) is 89.8 cm³/mol. The van der Waals surface area contributed by atoms with Crippen LogP contribution in [0.25, 0.3) is 0 Å². The van der Waals surface area contributed by atoms with E-state index in [1.807, 2.05) is 38.5 Å². The van der Waals surface area contributed by atoms with Crippen LogP contribution in [-0.2, 0) is 7.05 Å². The number of rotatable bonds is 4. The average Bonchev–Trinajstić information content (AvgIpc) is 3.14. The standard InChI is InChI=1S/C13H14N6O2S2/c1-7-6-22-12(14-7)17-13(20)21-10-11(23-8(2)15-10)16-9-4-5-19(3)18-9/h4-6H,1-3H3,(H,16,18)(H,14,17,20). The lowest BCUT2D eigenvalue weighted by Crippen LogP contribution is -2.17. The third-order valence-electron chi connectivity index (χ3n) is 2.68. The summed E-state index contributed by atoms with van der Waals surface area (Å²) in [5.41, 5.74) is 0.840. The molecule has 0 aliphatic heterocycles. The van der Waals surface area contributed by atoms with Gasteiger partial charge in [-0.2, -0.15) is 5.10 Å². The van der Waals surface area contributed by atoms with Gasteiger partial charge in [-0.15, -0.1) is 11.3 Å². The molecule has 0 unspecified atom stereocenters. The summed E-state index contributed by atoms with van der Waals surface area (Å²) in [6, 6.07) is 1.82. The number of aromatic nitrogens is 4. The zero-order valence-electron chi connectivity index (χ0n) is 12.7. The molecule has 0 aromatic carbocycles. The van der Waals surface area contributed by atoms with Gasteiger partial charge in [0.05, 0.1) is 10.7 Å². The van der Waals surface area contributed by atoms with Crippen molar-refractivity contribution in [3.63, 3.8) is 0 Å². The van der Waals surface area contributed by atoms with Crippen molar-refractivity contribution in [1.82, 2.24) is 19.7 Å². The summed E-state index contributed by atoms with van der Waals surface area (Å²) in [5.74, 6) is 0.862. The number of anilines is 3. The number of nitrogens with one attached hydrogen (secondary N) is 2. The number of carbonyl (C=O) groups is 1. The fourth-order valence-corrected chi connectivity index (χ4v) is 3.19. The maximum Gasteiger partial charge on any atom is 0.420 e. The lowest BCUT2D eigenvalue weighted by Gasteiger charge is -2.04. The van der Waals surface area contributed by atoms with Crippen LogP contribution in [-0.4, -0.2) is 25.8 Å². The second kappa shape index (κ2) is 6.34. The lowest BCUT2D eigenvalue weighted by molar-refractivity contribution is 0.214. The van der Waals surface area contributed by atoms with Gasteiger partial charge in [0, 0.05) is 24.7 Å². The molecule has 0 bridgehead atoms. The number of aryl methyl sites for hydroxylation is 3. The van der Waals surface area contributed by atoms with Crippen LogP contribution in [0.4, 0.5) is 20.7 Å². The molecule has 1 amide bonds. The number of carbonyl (C=O) groups excluding carboxylic acids is 1. The van der Waals surface area contributed by atoms with Crippen LogP contribution in [0, 0.1) is 13.8 Å². The number of amides is 1. The minimum Gasteiger partial charge on any atom is -0.388 e. The van der Waals surface area contributed by atoms with E-state index in [1.54, 1.807) is 4.68 Å². The Bertz CT molecular complexity index is 837. The molecule has 3 aromatic rings. The van der Waals surface area contributed by atoms with Gasteiger partial charge in [-0.3, -0.25) is 10.00 Å². The molecular weight excluding hydrogens is 336 g/mol. The van der Waals surface area contributed by atoms with Crippen LogP contribution in [0.3, 0.4) is 0 Å². The van der Waals surface area contributed by atoms with Gasteiger partial charge in [0.15, 0.2) is 16.0 Å². The van der Waals surface area contributed by atoms with Crippen LogP contribution < -0.4 is 15.4 Å². The molecule has 3 aromatic heterocycles. The van der Waals surface area contributed by atoms with Crippen molar-refractivity contribution in [3.8, 4) is 5.88 Å². The van der Waals surface area contributed by atoms with Crippen LogP contribution in [0.2, 0.25) is 0 Å². The van der Waals surface area contributed by atoms with Gasteiger partial charge in [-0.05, 0) is 13.8 Å². The second-order valence-corrected chi connectivity index (χ2v) is 6.74. The van der Waals surface area contributed by atoms with Crippen molar-refractivity contribution in [3.05, 3.63) is 28.3 Å². The molecule has 0 spiro atoms. The van der Waals surface area contributed by atoms with Gasteiger partial charge in [0.1, 0.15) is 0 Å². The topological polar surface area (TPSA) is 94.0 Å². The molecule has 0 atom stereocenters. The monoisotopic (exact) mass is 350 g/mol. The number of hydrogen-bond acceptors (Lipinski definition) is 8. The quantitative estimate of drug-likeness (QED) is 0.750. The summed E-state index contributed by atoms with van der Waals surface area (Å²) in [7, 11) is 1.82. The Labute approximate surface area is 140 Å². The molecule has 0 radical (unpaired) electrons. The number of hydrogen-bond donors (Lipinski definition) is 2. The molecule has 3 heterocycles. The molecule has 10 heteroatoms. The summed E-state index contributed by atoms with van der Waals surface area (Å²) < 4.78 is 6.95. The first-order chi connectivity index (χ1) is 11.0.